The molecule has 2 aromatic carbocycles. The lowest BCUT2D eigenvalue weighted by Crippen LogP contribution is -2.13. The molecule has 20 heavy (non-hydrogen) atoms. The first-order valence-corrected chi connectivity index (χ1v) is 5.90. The maximum absolute atomic E-state index is 11.6. The molecular formula is C15H12N2O3. The number of hydrogen-bond acceptors (Lipinski definition) is 4. The van der Waals surface area contributed by atoms with Crippen LogP contribution < -0.4 is 5.32 Å². The summed E-state index contributed by atoms with van der Waals surface area (Å²) in [6.07, 6.45) is -0.695. The first-order valence-electron chi connectivity index (χ1n) is 5.90. The van der Waals surface area contributed by atoms with Crippen LogP contribution in [0, 0.1) is 11.3 Å². The van der Waals surface area contributed by atoms with E-state index in [1.807, 2.05) is 36.4 Å². The number of nitrogens with one attached hydrogen (secondary N) is 1. The Morgan fingerprint density at radius 2 is 2.00 bits per heavy atom. The quantitative estimate of drug-likeness (QED) is 0.838. The molecule has 0 unspecified atom stereocenters. The summed E-state index contributed by atoms with van der Waals surface area (Å²) in [4.78, 5) is 11.6. The largest absolute Gasteiger partial charge is 0.506 e. The second-order valence-electron chi connectivity index (χ2n) is 4.03. The first-order chi connectivity index (χ1) is 9.69. The van der Waals surface area contributed by atoms with Crippen molar-refractivity contribution in [2.45, 2.75) is 6.61 Å². The first kappa shape index (κ1) is 13.4. The van der Waals surface area contributed by atoms with Gasteiger partial charge in [0.05, 0.1) is 17.3 Å². The molecule has 1 amide bonds. The molecule has 0 saturated carbocycles. The van der Waals surface area contributed by atoms with Gasteiger partial charge >= 0.3 is 6.09 Å². The fraction of sp³-hybridized carbons (Fsp3) is 0.0667. The smallest absolute Gasteiger partial charge is 0.412 e. The van der Waals surface area contributed by atoms with Crippen molar-refractivity contribution < 1.29 is 14.6 Å². The molecule has 2 rings (SSSR count). The zero-order chi connectivity index (χ0) is 14.4. The number of carbonyl (C=O) groups is 1. The van der Waals surface area contributed by atoms with Crippen molar-refractivity contribution in [2.24, 2.45) is 0 Å². The predicted molar refractivity (Wildman–Crippen MR) is 73.1 cm³/mol. The minimum absolute atomic E-state index is 0.124. The van der Waals surface area contributed by atoms with Crippen molar-refractivity contribution in [3.63, 3.8) is 0 Å². The maximum atomic E-state index is 11.6. The number of ether oxygens (including phenoxy) is 1. The van der Waals surface area contributed by atoms with E-state index in [0.29, 0.717) is 5.56 Å². The molecule has 5 nitrogen and oxygen atoms in total. The number of carbonyl (C=O) groups excluding carboxylic acids is 1. The lowest BCUT2D eigenvalue weighted by Gasteiger charge is -2.08. The summed E-state index contributed by atoms with van der Waals surface area (Å²) < 4.78 is 5.02. The van der Waals surface area contributed by atoms with Gasteiger partial charge in [-0.1, -0.05) is 30.3 Å². The molecule has 0 aliphatic rings. The van der Waals surface area contributed by atoms with Gasteiger partial charge < -0.3 is 9.84 Å². The van der Waals surface area contributed by atoms with Crippen molar-refractivity contribution in [1.82, 2.24) is 0 Å². The summed E-state index contributed by atoms with van der Waals surface area (Å²) >= 11 is 0. The van der Waals surface area contributed by atoms with Crippen LogP contribution in [-0.2, 0) is 11.3 Å². The van der Waals surface area contributed by atoms with Crippen LogP contribution in [0.15, 0.2) is 48.5 Å². The van der Waals surface area contributed by atoms with Crippen molar-refractivity contribution >= 4 is 11.8 Å². The standard InChI is InChI=1S/C15H12N2O3/c16-9-12-6-7-14(18)13(8-12)17-15(19)20-10-11-4-2-1-3-5-11/h1-8,18H,10H2,(H,17,19). The zero-order valence-corrected chi connectivity index (χ0v) is 10.5. The molecule has 0 atom stereocenters. The lowest BCUT2D eigenvalue weighted by atomic mass is 10.2. The second-order valence-corrected chi connectivity index (χ2v) is 4.03. The second kappa shape index (κ2) is 6.25. The van der Waals surface area contributed by atoms with E-state index >= 15 is 0 Å². The van der Waals surface area contributed by atoms with Crippen molar-refractivity contribution in [1.29, 1.82) is 5.26 Å². The average molecular weight is 268 g/mol. The maximum Gasteiger partial charge on any atom is 0.412 e. The van der Waals surface area contributed by atoms with E-state index in [-0.39, 0.29) is 18.0 Å². The highest BCUT2D eigenvalue weighted by Crippen LogP contribution is 2.24. The number of amides is 1. The van der Waals surface area contributed by atoms with Gasteiger partial charge in [0.25, 0.3) is 0 Å². The number of nitrogens with zero attached hydrogens (tertiary/aromatic N) is 1. The Hall–Kier alpha value is -3.00. The van der Waals surface area contributed by atoms with E-state index < -0.39 is 6.09 Å². The SMILES string of the molecule is N#Cc1ccc(O)c(NC(=O)OCc2ccccc2)c1. The van der Waals surface area contributed by atoms with Crippen LogP contribution in [0.4, 0.5) is 10.5 Å². The monoisotopic (exact) mass is 268 g/mol. The van der Waals surface area contributed by atoms with E-state index in [1.165, 1.54) is 18.2 Å². The van der Waals surface area contributed by atoms with Crippen LogP contribution in [0.3, 0.4) is 0 Å². The van der Waals surface area contributed by atoms with Gasteiger partial charge in [-0.3, -0.25) is 5.32 Å². The molecular weight excluding hydrogens is 256 g/mol. The Morgan fingerprint density at radius 3 is 2.70 bits per heavy atom. The van der Waals surface area contributed by atoms with Gasteiger partial charge in [0.1, 0.15) is 12.4 Å². The Morgan fingerprint density at radius 1 is 1.25 bits per heavy atom. The molecule has 0 aliphatic heterocycles. The third-order valence-electron chi connectivity index (χ3n) is 2.58. The Labute approximate surface area is 116 Å². The van der Waals surface area contributed by atoms with Crippen LogP contribution in [0.5, 0.6) is 5.75 Å². The Kier molecular flexibility index (Phi) is 4.20. The number of anilines is 1. The molecule has 0 heterocycles. The van der Waals surface area contributed by atoms with E-state index in [1.54, 1.807) is 0 Å². The highest BCUT2D eigenvalue weighted by atomic mass is 16.5. The Balaban J connectivity index is 1.97. The van der Waals surface area contributed by atoms with E-state index in [9.17, 15) is 9.90 Å². The van der Waals surface area contributed by atoms with E-state index in [0.717, 1.165) is 5.56 Å². The van der Waals surface area contributed by atoms with E-state index in [4.69, 9.17) is 10.00 Å². The van der Waals surface area contributed by atoms with E-state index in [2.05, 4.69) is 5.32 Å². The fourth-order valence-electron chi connectivity index (χ4n) is 1.57. The highest BCUT2D eigenvalue weighted by molar-refractivity contribution is 5.86. The highest BCUT2D eigenvalue weighted by Gasteiger charge is 2.08. The average Bonchev–Trinajstić information content (AvgIpc) is 2.48. The summed E-state index contributed by atoms with van der Waals surface area (Å²) in [5.41, 5.74) is 1.33. The van der Waals surface area contributed by atoms with Gasteiger partial charge in [0.2, 0.25) is 0 Å². The van der Waals surface area contributed by atoms with Crippen molar-refractivity contribution in [3.8, 4) is 11.8 Å². The van der Waals surface area contributed by atoms with Gasteiger partial charge in [-0.25, -0.2) is 4.79 Å². The molecule has 0 aromatic heterocycles. The van der Waals surface area contributed by atoms with Gasteiger partial charge in [0.15, 0.2) is 0 Å². The van der Waals surface area contributed by atoms with Crippen LogP contribution in [0.1, 0.15) is 11.1 Å². The molecule has 0 radical (unpaired) electrons. The van der Waals surface area contributed by atoms with Gasteiger partial charge in [-0.05, 0) is 23.8 Å². The zero-order valence-electron chi connectivity index (χ0n) is 10.5. The van der Waals surface area contributed by atoms with Crippen molar-refractivity contribution in [3.05, 3.63) is 59.7 Å². The number of phenols is 1. The third-order valence-corrected chi connectivity index (χ3v) is 2.58. The summed E-state index contributed by atoms with van der Waals surface area (Å²) in [6.45, 7) is 0.130. The molecule has 2 N–H and O–H groups in total. The number of rotatable bonds is 3. The topological polar surface area (TPSA) is 82.4 Å². The minimum Gasteiger partial charge on any atom is -0.506 e. The molecule has 0 spiro atoms. The summed E-state index contributed by atoms with van der Waals surface area (Å²) in [7, 11) is 0. The van der Waals surface area contributed by atoms with Gasteiger partial charge in [-0.15, -0.1) is 0 Å². The molecule has 0 aliphatic carbocycles. The number of aromatic hydroxyl groups is 1. The molecule has 0 bridgehead atoms. The molecule has 100 valence electrons. The van der Waals surface area contributed by atoms with Gasteiger partial charge in [-0.2, -0.15) is 5.26 Å². The lowest BCUT2D eigenvalue weighted by molar-refractivity contribution is 0.155. The fourth-order valence-corrected chi connectivity index (χ4v) is 1.57. The molecule has 2 aromatic rings. The van der Waals surface area contributed by atoms with Crippen LogP contribution >= 0.6 is 0 Å². The van der Waals surface area contributed by atoms with Crippen LogP contribution in [-0.4, -0.2) is 11.2 Å². The van der Waals surface area contributed by atoms with Crippen LogP contribution in [0.2, 0.25) is 0 Å². The van der Waals surface area contributed by atoms with Gasteiger partial charge in [0, 0.05) is 0 Å². The van der Waals surface area contributed by atoms with Crippen molar-refractivity contribution in [2.75, 3.05) is 5.32 Å². The predicted octanol–water partition coefficient (Wildman–Crippen LogP) is 3.01. The third kappa shape index (κ3) is 3.50. The summed E-state index contributed by atoms with van der Waals surface area (Å²) in [5, 5.41) is 20.7. The number of hydrogen-bond donors (Lipinski definition) is 2. The normalized spacial score (nSPS) is 9.55. The minimum atomic E-state index is -0.695. The van der Waals surface area contributed by atoms with Crippen LogP contribution in [0.25, 0.3) is 0 Å². The summed E-state index contributed by atoms with van der Waals surface area (Å²) in [6, 6.07) is 15.3. The number of phenolic OH excluding ortho intramolecular Hbond substituents is 1. The molecule has 5 heteroatoms. The Bertz CT molecular complexity index is 648. The summed E-state index contributed by atoms with van der Waals surface area (Å²) in [5.74, 6) is -0.124. The number of benzene rings is 2. The molecule has 0 saturated heterocycles. The molecule has 0 fully saturated rings. The number of nitriles is 1.